The molecule has 0 aromatic heterocycles. The number of ether oxygens (including phenoxy) is 1. The van der Waals surface area contributed by atoms with Crippen molar-refractivity contribution < 1.29 is 29.1 Å². The molecule has 0 aliphatic heterocycles. The van der Waals surface area contributed by atoms with Crippen LogP contribution in [0.2, 0.25) is 0 Å². The van der Waals surface area contributed by atoms with Gasteiger partial charge in [-0.2, -0.15) is 0 Å². The zero-order valence-electron chi connectivity index (χ0n) is 20.1. The van der Waals surface area contributed by atoms with Gasteiger partial charge < -0.3 is 14.7 Å². The zero-order chi connectivity index (χ0) is 25.2. The summed E-state index contributed by atoms with van der Waals surface area (Å²) in [5.74, 6) is -0.667. The molecule has 0 radical (unpaired) electrons. The predicted octanol–water partition coefficient (Wildman–Crippen LogP) is 5.86. The number of phenols is 1. The van der Waals surface area contributed by atoms with Crippen molar-refractivity contribution in [1.82, 2.24) is 0 Å². The lowest BCUT2D eigenvalue weighted by atomic mass is 9.83. The Kier molecular flexibility index (Phi) is 6.46. The van der Waals surface area contributed by atoms with Crippen LogP contribution in [0.5, 0.6) is 17.2 Å². The van der Waals surface area contributed by atoms with Gasteiger partial charge in [-0.3, -0.25) is 14.4 Å². The first-order chi connectivity index (χ1) is 17.5. The maximum Gasteiger partial charge on any atom is 0.202 e. The van der Waals surface area contributed by atoms with Crippen LogP contribution in [0.25, 0.3) is 0 Å². The maximum absolute atomic E-state index is 13.2. The summed E-state index contributed by atoms with van der Waals surface area (Å²) in [4.78, 5) is 44.5. The van der Waals surface area contributed by atoms with E-state index in [1.165, 1.54) is 37.8 Å². The van der Waals surface area contributed by atoms with Gasteiger partial charge in [0.05, 0.1) is 34.5 Å². The lowest BCUT2D eigenvalue weighted by Crippen LogP contribution is -2.24. The van der Waals surface area contributed by atoms with E-state index in [0.29, 0.717) is 29.2 Å². The Labute approximate surface area is 209 Å². The van der Waals surface area contributed by atoms with E-state index in [1.54, 1.807) is 36.4 Å². The highest BCUT2D eigenvalue weighted by Gasteiger charge is 2.36. The number of carbonyl (C=O) groups is 3. The second kappa shape index (κ2) is 9.85. The molecule has 3 aromatic rings. The average molecular weight is 486 g/mol. The summed E-state index contributed by atoms with van der Waals surface area (Å²) < 4.78 is 5.90. The molecule has 7 heteroatoms. The Morgan fingerprint density at radius 3 is 2.11 bits per heavy atom. The molecule has 6 rings (SSSR count). The average Bonchev–Trinajstić information content (AvgIpc) is 2.90. The fraction of sp³-hybridized carbons (Fsp3) is 0.276. The molecule has 0 saturated heterocycles. The van der Waals surface area contributed by atoms with Gasteiger partial charge in [0.15, 0.2) is 17.3 Å². The van der Waals surface area contributed by atoms with E-state index < -0.39 is 11.6 Å². The molecule has 0 amide bonds. The van der Waals surface area contributed by atoms with Gasteiger partial charge in [0.2, 0.25) is 5.78 Å². The molecule has 3 aliphatic carbocycles. The number of ketones is 3. The largest absolute Gasteiger partial charge is 0.507 e. The molecule has 3 aliphatic rings. The zero-order valence-corrected chi connectivity index (χ0v) is 20.1. The number of rotatable bonds is 11. The topological polar surface area (TPSA) is 102 Å². The summed E-state index contributed by atoms with van der Waals surface area (Å²) in [6.45, 7) is 2.72. The lowest BCUT2D eigenvalue weighted by Gasteiger charge is -2.26. The van der Waals surface area contributed by atoms with Gasteiger partial charge in [-0.15, -0.1) is 0 Å². The minimum Gasteiger partial charge on any atom is -0.507 e. The van der Waals surface area contributed by atoms with Crippen molar-refractivity contribution in [3.05, 3.63) is 81.9 Å². The van der Waals surface area contributed by atoms with Crippen LogP contribution >= 0.6 is 0 Å². The Balaban J connectivity index is 1.32. The number of hydrogen-bond acceptors (Lipinski definition) is 7. The van der Waals surface area contributed by atoms with E-state index in [9.17, 15) is 19.5 Å². The van der Waals surface area contributed by atoms with Gasteiger partial charge in [0.25, 0.3) is 0 Å². The molecular weight excluding hydrogens is 458 g/mol. The third kappa shape index (κ3) is 4.00. The summed E-state index contributed by atoms with van der Waals surface area (Å²) in [5.41, 5.74) is 4.47. The molecule has 0 spiro atoms. The first-order valence-electron chi connectivity index (χ1n) is 12.3. The number of unbranched alkanes of at least 4 members (excludes halogenated alkanes) is 5. The maximum atomic E-state index is 13.2. The van der Waals surface area contributed by atoms with Crippen LogP contribution in [0.1, 0.15) is 93.2 Å². The van der Waals surface area contributed by atoms with Crippen LogP contribution in [-0.4, -0.2) is 29.1 Å². The number of fused-ring (bicyclic) bond motifs is 4. The Morgan fingerprint density at radius 2 is 1.39 bits per heavy atom. The van der Waals surface area contributed by atoms with Crippen LogP contribution in [0, 0.1) is 0 Å². The SMILES string of the molecule is CCCCCCCCOc1c2ccc(NOc3ccc(O)c4c3C(=O)c3ccccc3C4=O)c1C2=O. The van der Waals surface area contributed by atoms with Crippen molar-refractivity contribution >= 4 is 23.0 Å². The fourth-order valence-electron chi connectivity index (χ4n) is 4.72. The summed E-state index contributed by atoms with van der Waals surface area (Å²) >= 11 is 0. The normalized spacial score (nSPS) is 13.1. The standard InChI is InChI=1S/C29H27NO6/c1-2-3-4-5-6-9-16-35-29-19-12-13-20(23(29)28(19)34)30-36-22-15-14-21(31)24-25(22)27(33)18-11-8-7-10-17(18)26(24)32/h7-8,10-15,30-31H,2-6,9,16H2,1H3. The number of carbonyl (C=O) groups excluding carboxylic acids is 3. The van der Waals surface area contributed by atoms with E-state index in [2.05, 4.69) is 12.4 Å². The van der Waals surface area contributed by atoms with E-state index in [4.69, 9.17) is 9.57 Å². The first-order valence-corrected chi connectivity index (χ1v) is 12.3. The molecule has 184 valence electrons. The van der Waals surface area contributed by atoms with Crippen LogP contribution in [-0.2, 0) is 0 Å². The Hall–Kier alpha value is -4.13. The lowest BCUT2D eigenvalue weighted by molar-refractivity contribution is 0.0974. The predicted molar refractivity (Wildman–Crippen MR) is 134 cm³/mol. The number of benzene rings is 3. The van der Waals surface area contributed by atoms with E-state index >= 15 is 0 Å². The monoisotopic (exact) mass is 485 g/mol. The van der Waals surface area contributed by atoms with E-state index in [-0.39, 0.29) is 39.5 Å². The van der Waals surface area contributed by atoms with Crippen molar-refractivity contribution in [2.24, 2.45) is 0 Å². The number of phenolic OH excluding ortho intramolecular Hbond substituents is 1. The molecule has 2 bridgehead atoms. The molecule has 7 nitrogen and oxygen atoms in total. The molecule has 2 N–H and O–H groups in total. The third-order valence-electron chi connectivity index (χ3n) is 6.66. The highest BCUT2D eigenvalue weighted by atomic mass is 16.6. The number of anilines is 1. The second-order valence-corrected chi connectivity index (χ2v) is 9.05. The molecule has 0 saturated carbocycles. The van der Waals surface area contributed by atoms with Crippen LogP contribution < -0.4 is 15.1 Å². The van der Waals surface area contributed by atoms with Crippen LogP contribution in [0.15, 0.2) is 48.5 Å². The molecule has 0 atom stereocenters. The van der Waals surface area contributed by atoms with E-state index in [0.717, 1.165) is 12.8 Å². The number of hydrogen-bond donors (Lipinski definition) is 2. The van der Waals surface area contributed by atoms with Gasteiger partial charge in [-0.1, -0.05) is 63.3 Å². The number of nitrogens with one attached hydrogen (secondary N) is 1. The quantitative estimate of drug-likeness (QED) is 0.179. The highest BCUT2D eigenvalue weighted by Crippen LogP contribution is 2.43. The van der Waals surface area contributed by atoms with Crippen LogP contribution in [0.3, 0.4) is 0 Å². The van der Waals surface area contributed by atoms with Crippen molar-refractivity contribution in [3.63, 3.8) is 0 Å². The van der Waals surface area contributed by atoms with Gasteiger partial charge in [-0.25, -0.2) is 5.48 Å². The first kappa shape index (κ1) is 23.6. The Morgan fingerprint density at radius 1 is 0.722 bits per heavy atom. The van der Waals surface area contributed by atoms with Crippen molar-refractivity contribution in [3.8, 4) is 17.2 Å². The van der Waals surface area contributed by atoms with Gasteiger partial charge in [0.1, 0.15) is 11.5 Å². The molecular formula is C29H27NO6. The van der Waals surface area contributed by atoms with Crippen molar-refractivity contribution in [2.75, 3.05) is 12.1 Å². The molecule has 0 fully saturated rings. The summed E-state index contributed by atoms with van der Waals surface area (Å²) in [6, 6.07) is 12.6. The second-order valence-electron chi connectivity index (χ2n) is 9.05. The fourth-order valence-corrected chi connectivity index (χ4v) is 4.72. The van der Waals surface area contributed by atoms with Gasteiger partial charge in [0, 0.05) is 11.1 Å². The summed E-state index contributed by atoms with van der Waals surface area (Å²) in [7, 11) is 0. The van der Waals surface area contributed by atoms with Gasteiger partial charge in [-0.05, 0) is 30.7 Å². The van der Waals surface area contributed by atoms with Crippen molar-refractivity contribution in [2.45, 2.75) is 45.4 Å². The Bertz CT molecular complexity index is 1380. The van der Waals surface area contributed by atoms with Gasteiger partial charge >= 0.3 is 0 Å². The number of aromatic hydroxyl groups is 1. The molecule has 0 unspecified atom stereocenters. The molecule has 0 heterocycles. The minimum atomic E-state index is -0.449. The van der Waals surface area contributed by atoms with E-state index in [1.807, 2.05) is 0 Å². The van der Waals surface area contributed by atoms with Crippen molar-refractivity contribution in [1.29, 1.82) is 0 Å². The van der Waals surface area contributed by atoms with Crippen LogP contribution in [0.4, 0.5) is 5.69 Å². The summed E-state index contributed by atoms with van der Waals surface area (Å²) in [5, 5.41) is 10.4. The summed E-state index contributed by atoms with van der Waals surface area (Å²) in [6.07, 6.45) is 6.85. The smallest absolute Gasteiger partial charge is 0.202 e. The highest BCUT2D eigenvalue weighted by molar-refractivity contribution is 6.30. The molecule has 3 aromatic carbocycles. The third-order valence-corrected chi connectivity index (χ3v) is 6.66. The molecule has 36 heavy (non-hydrogen) atoms. The minimum absolute atomic E-state index is 0.0210.